The quantitative estimate of drug-likeness (QED) is 0.891. The van der Waals surface area contributed by atoms with E-state index in [4.69, 9.17) is 11.6 Å². The Morgan fingerprint density at radius 3 is 2.89 bits per heavy atom. The predicted octanol–water partition coefficient (Wildman–Crippen LogP) is 3.44. The summed E-state index contributed by atoms with van der Waals surface area (Å²) in [5.41, 5.74) is 0.962. The van der Waals surface area contributed by atoms with Crippen molar-refractivity contribution < 1.29 is 4.39 Å². The first-order valence-corrected chi connectivity index (χ1v) is 7.46. The van der Waals surface area contributed by atoms with Crippen molar-refractivity contribution >= 4 is 11.6 Å². The van der Waals surface area contributed by atoms with Crippen LogP contribution in [0.3, 0.4) is 0 Å². The molecule has 1 aliphatic rings. The SMILES string of the molecule is CCCN(Cc1cc(F)cc(Cl)c1)C1CCCNC1. The monoisotopic (exact) mass is 284 g/mol. The molecular formula is C15H22ClFN2. The molecule has 1 heterocycles. The van der Waals surface area contributed by atoms with E-state index in [2.05, 4.69) is 17.1 Å². The number of hydrogen-bond acceptors (Lipinski definition) is 2. The third-order valence-corrected chi connectivity index (χ3v) is 3.82. The van der Waals surface area contributed by atoms with Gasteiger partial charge in [-0.3, -0.25) is 4.90 Å². The normalized spacial score (nSPS) is 19.9. The Labute approximate surface area is 119 Å². The molecule has 2 nitrogen and oxygen atoms in total. The second-order valence-corrected chi connectivity index (χ2v) is 5.68. The number of halogens is 2. The van der Waals surface area contributed by atoms with Crippen LogP contribution in [0.15, 0.2) is 18.2 Å². The van der Waals surface area contributed by atoms with Gasteiger partial charge in [-0.15, -0.1) is 0 Å². The van der Waals surface area contributed by atoms with Crippen molar-refractivity contribution in [1.29, 1.82) is 0 Å². The second-order valence-electron chi connectivity index (χ2n) is 5.25. The van der Waals surface area contributed by atoms with Crippen LogP contribution in [0.1, 0.15) is 31.7 Å². The molecule has 106 valence electrons. The van der Waals surface area contributed by atoms with E-state index in [1.54, 1.807) is 6.07 Å². The molecule has 0 spiro atoms. The molecule has 1 fully saturated rings. The summed E-state index contributed by atoms with van der Waals surface area (Å²) < 4.78 is 13.4. The molecule has 0 saturated carbocycles. The summed E-state index contributed by atoms with van der Waals surface area (Å²) in [5.74, 6) is -0.249. The summed E-state index contributed by atoms with van der Waals surface area (Å²) in [6, 6.07) is 5.36. The van der Waals surface area contributed by atoms with Gasteiger partial charge in [0, 0.05) is 24.2 Å². The molecule has 0 aromatic heterocycles. The average Bonchev–Trinajstić information content (AvgIpc) is 2.38. The molecule has 1 saturated heterocycles. The zero-order valence-electron chi connectivity index (χ0n) is 11.5. The molecule has 0 amide bonds. The van der Waals surface area contributed by atoms with E-state index in [1.807, 2.05) is 6.07 Å². The van der Waals surface area contributed by atoms with Crippen molar-refractivity contribution in [2.45, 2.75) is 38.8 Å². The lowest BCUT2D eigenvalue weighted by Gasteiger charge is -2.34. The maximum absolute atomic E-state index is 13.4. The van der Waals surface area contributed by atoms with E-state index in [1.165, 1.54) is 18.9 Å². The van der Waals surface area contributed by atoms with Gasteiger partial charge >= 0.3 is 0 Å². The largest absolute Gasteiger partial charge is 0.315 e. The summed E-state index contributed by atoms with van der Waals surface area (Å²) in [6.07, 6.45) is 3.55. The van der Waals surface area contributed by atoms with Crippen molar-refractivity contribution in [2.75, 3.05) is 19.6 Å². The number of piperidine rings is 1. The van der Waals surface area contributed by atoms with Gasteiger partial charge in [0.05, 0.1) is 0 Å². The molecule has 0 radical (unpaired) electrons. The Hall–Kier alpha value is -0.640. The molecule has 0 aliphatic carbocycles. The van der Waals surface area contributed by atoms with Crippen molar-refractivity contribution in [3.63, 3.8) is 0 Å². The fourth-order valence-corrected chi connectivity index (χ4v) is 3.00. The first-order valence-electron chi connectivity index (χ1n) is 7.08. The Balaban J connectivity index is 2.06. The number of rotatable bonds is 5. The first-order chi connectivity index (χ1) is 9.19. The van der Waals surface area contributed by atoms with Crippen molar-refractivity contribution in [3.8, 4) is 0 Å². The molecule has 1 N–H and O–H groups in total. The number of nitrogens with zero attached hydrogens (tertiary/aromatic N) is 1. The summed E-state index contributed by atoms with van der Waals surface area (Å²) in [4.78, 5) is 2.44. The highest BCUT2D eigenvalue weighted by Crippen LogP contribution is 2.19. The van der Waals surface area contributed by atoms with Crippen LogP contribution in [0.25, 0.3) is 0 Å². The third kappa shape index (κ3) is 4.44. The maximum Gasteiger partial charge on any atom is 0.125 e. The lowest BCUT2D eigenvalue weighted by atomic mass is 10.0. The molecule has 4 heteroatoms. The maximum atomic E-state index is 13.4. The minimum Gasteiger partial charge on any atom is -0.315 e. The molecular weight excluding hydrogens is 263 g/mol. The highest BCUT2D eigenvalue weighted by Gasteiger charge is 2.20. The number of nitrogens with one attached hydrogen (secondary N) is 1. The van der Waals surface area contributed by atoms with E-state index >= 15 is 0 Å². The van der Waals surface area contributed by atoms with Crippen LogP contribution in [0.2, 0.25) is 5.02 Å². The number of hydrogen-bond donors (Lipinski definition) is 1. The van der Waals surface area contributed by atoms with Gasteiger partial charge in [0.2, 0.25) is 0 Å². The van der Waals surface area contributed by atoms with Crippen LogP contribution in [0, 0.1) is 5.82 Å². The van der Waals surface area contributed by atoms with Gasteiger partial charge in [-0.05, 0) is 56.1 Å². The minimum absolute atomic E-state index is 0.249. The first kappa shape index (κ1) is 14.8. The van der Waals surface area contributed by atoms with Gasteiger partial charge < -0.3 is 5.32 Å². The van der Waals surface area contributed by atoms with Gasteiger partial charge in [0.1, 0.15) is 5.82 Å². The lowest BCUT2D eigenvalue weighted by Crippen LogP contribution is -2.45. The van der Waals surface area contributed by atoms with Gasteiger partial charge in [-0.25, -0.2) is 4.39 Å². The fraction of sp³-hybridized carbons (Fsp3) is 0.600. The van der Waals surface area contributed by atoms with Crippen LogP contribution >= 0.6 is 11.6 Å². The fourth-order valence-electron chi connectivity index (χ4n) is 2.76. The smallest absolute Gasteiger partial charge is 0.125 e. The Morgan fingerprint density at radius 2 is 2.26 bits per heavy atom. The Bertz CT molecular complexity index is 385. The molecule has 0 bridgehead atoms. The highest BCUT2D eigenvalue weighted by atomic mass is 35.5. The highest BCUT2D eigenvalue weighted by molar-refractivity contribution is 6.30. The van der Waals surface area contributed by atoms with Crippen LogP contribution in [0.5, 0.6) is 0 Å². The van der Waals surface area contributed by atoms with E-state index in [0.717, 1.165) is 38.2 Å². The zero-order valence-corrected chi connectivity index (χ0v) is 12.2. The Morgan fingerprint density at radius 1 is 1.42 bits per heavy atom. The van der Waals surface area contributed by atoms with E-state index in [9.17, 15) is 4.39 Å². The molecule has 19 heavy (non-hydrogen) atoms. The van der Waals surface area contributed by atoms with E-state index < -0.39 is 0 Å². The van der Waals surface area contributed by atoms with E-state index in [-0.39, 0.29) is 5.82 Å². The summed E-state index contributed by atoms with van der Waals surface area (Å²) in [5, 5.41) is 3.92. The van der Waals surface area contributed by atoms with Crippen molar-refractivity contribution in [2.24, 2.45) is 0 Å². The third-order valence-electron chi connectivity index (χ3n) is 3.61. The topological polar surface area (TPSA) is 15.3 Å². The summed E-state index contributed by atoms with van der Waals surface area (Å²) in [7, 11) is 0. The Kier molecular flexibility index (Phi) is 5.61. The van der Waals surface area contributed by atoms with E-state index in [0.29, 0.717) is 11.1 Å². The van der Waals surface area contributed by atoms with Crippen LogP contribution in [0.4, 0.5) is 4.39 Å². The molecule has 1 aromatic carbocycles. The molecule has 1 unspecified atom stereocenters. The standard InChI is InChI=1S/C15H22ClFN2/c1-2-6-19(15-4-3-5-18-10-15)11-12-7-13(16)9-14(17)8-12/h7-9,15,18H,2-6,10-11H2,1H3. The lowest BCUT2D eigenvalue weighted by molar-refractivity contribution is 0.158. The minimum atomic E-state index is -0.249. The van der Waals surface area contributed by atoms with Gasteiger partial charge in [-0.1, -0.05) is 18.5 Å². The van der Waals surface area contributed by atoms with Crippen LogP contribution in [-0.4, -0.2) is 30.6 Å². The molecule has 2 rings (SSSR count). The summed E-state index contributed by atoms with van der Waals surface area (Å²) in [6.45, 7) is 6.14. The van der Waals surface area contributed by atoms with Gasteiger partial charge in [0.25, 0.3) is 0 Å². The van der Waals surface area contributed by atoms with Crippen LogP contribution < -0.4 is 5.32 Å². The molecule has 1 atom stereocenters. The number of benzene rings is 1. The van der Waals surface area contributed by atoms with Gasteiger partial charge in [0.15, 0.2) is 0 Å². The van der Waals surface area contributed by atoms with Gasteiger partial charge in [-0.2, -0.15) is 0 Å². The second kappa shape index (κ2) is 7.22. The van der Waals surface area contributed by atoms with Crippen LogP contribution in [-0.2, 0) is 6.54 Å². The van der Waals surface area contributed by atoms with Crippen molar-refractivity contribution in [1.82, 2.24) is 10.2 Å². The van der Waals surface area contributed by atoms with Crippen molar-refractivity contribution in [3.05, 3.63) is 34.6 Å². The summed E-state index contributed by atoms with van der Waals surface area (Å²) >= 11 is 5.93. The average molecular weight is 285 g/mol. The predicted molar refractivity (Wildman–Crippen MR) is 78.0 cm³/mol. The zero-order chi connectivity index (χ0) is 13.7. The molecule has 1 aromatic rings. The molecule has 1 aliphatic heterocycles.